The largest absolute Gasteiger partial charge is 0.493 e. The summed E-state index contributed by atoms with van der Waals surface area (Å²) in [6.07, 6.45) is 0. The van der Waals surface area contributed by atoms with Crippen molar-refractivity contribution < 1.29 is 9.47 Å². The van der Waals surface area contributed by atoms with Crippen LogP contribution in [-0.4, -0.2) is 7.11 Å². The van der Waals surface area contributed by atoms with Crippen molar-refractivity contribution in [1.29, 1.82) is 0 Å². The Balaban J connectivity index is 2.55. The zero-order valence-electron chi connectivity index (χ0n) is 10.3. The molecule has 21 heavy (non-hydrogen) atoms. The second-order valence-corrected chi connectivity index (χ2v) is 6.20. The van der Waals surface area contributed by atoms with E-state index < -0.39 is 0 Å². The maximum absolute atomic E-state index is 6.09. The van der Waals surface area contributed by atoms with Crippen LogP contribution in [0.2, 0.25) is 30.1 Å². The fourth-order valence-electron chi connectivity index (χ4n) is 1.50. The third-order valence-corrected chi connectivity index (χ3v) is 4.75. The molecule has 0 atom stereocenters. The normalized spacial score (nSPS) is 10.6. The van der Waals surface area contributed by atoms with Gasteiger partial charge in [-0.2, -0.15) is 0 Å². The molecule has 0 bridgehead atoms. The lowest BCUT2D eigenvalue weighted by Crippen LogP contribution is -1.93. The van der Waals surface area contributed by atoms with Gasteiger partial charge in [0.2, 0.25) is 0 Å². The minimum absolute atomic E-state index is 0.104. The maximum atomic E-state index is 6.09. The van der Waals surface area contributed by atoms with E-state index in [2.05, 4.69) is 0 Å². The topological polar surface area (TPSA) is 18.5 Å². The SMILES string of the molecule is COc1cc(Cl)c(Cl)cc1Oc1c(Cl)c(Cl)cc(Cl)c1Cl. The lowest BCUT2D eigenvalue weighted by molar-refractivity contribution is 0.379. The highest BCUT2D eigenvalue weighted by molar-refractivity contribution is 6.48. The van der Waals surface area contributed by atoms with Gasteiger partial charge < -0.3 is 9.47 Å². The van der Waals surface area contributed by atoms with Crippen molar-refractivity contribution in [3.63, 3.8) is 0 Å². The van der Waals surface area contributed by atoms with Gasteiger partial charge >= 0.3 is 0 Å². The van der Waals surface area contributed by atoms with Crippen LogP contribution in [0.1, 0.15) is 0 Å². The van der Waals surface area contributed by atoms with Crippen molar-refractivity contribution in [3.8, 4) is 17.2 Å². The predicted octanol–water partition coefficient (Wildman–Crippen LogP) is 7.41. The molecule has 2 nitrogen and oxygen atoms in total. The molecule has 0 fully saturated rings. The molecule has 0 unspecified atom stereocenters. The number of halogens is 6. The Bertz CT molecular complexity index is 676. The van der Waals surface area contributed by atoms with Crippen LogP contribution >= 0.6 is 69.6 Å². The molecule has 0 heterocycles. The number of benzene rings is 2. The van der Waals surface area contributed by atoms with Gasteiger partial charge in [-0.25, -0.2) is 0 Å². The van der Waals surface area contributed by atoms with Crippen LogP contribution in [0.5, 0.6) is 17.2 Å². The molecule has 112 valence electrons. The van der Waals surface area contributed by atoms with Gasteiger partial charge in [0.1, 0.15) is 10.0 Å². The zero-order valence-corrected chi connectivity index (χ0v) is 14.9. The molecule has 0 radical (unpaired) electrons. The Morgan fingerprint density at radius 1 is 0.667 bits per heavy atom. The molecule has 0 spiro atoms. The number of hydrogen-bond donors (Lipinski definition) is 0. The molecule has 0 saturated heterocycles. The van der Waals surface area contributed by atoms with Gasteiger partial charge in [0.05, 0.1) is 27.2 Å². The summed E-state index contributed by atoms with van der Waals surface area (Å²) < 4.78 is 10.8. The van der Waals surface area contributed by atoms with E-state index in [0.29, 0.717) is 10.8 Å². The van der Waals surface area contributed by atoms with Crippen molar-refractivity contribution in [1.82, 2.24) is 0 Å². The molecule has 0 aromatic heterocycles. The maximum Gasteiger partial charge on any atom is 0.171 e. The fourth-order valence-corrected chi connectivity index (χ4v) is 2.68. The summed E-state index contributed by atoms with van der Waals surface area (Å²) in [5, 5.41) is 1.27. The van der Waals surface area contributed by atoms with Crippen LogP contribution < -0.4 is 9.47 Å². The van der Waals surface area contributed by atoms with Crippen LogP contribution in [0.4, 0.5) is 0 Å². The lowest BCUT2D eigenvalue weighted by atomic mass is 10.3. The van der Waals surface area contributed by atoms with E-state index in [1.165, 1.54) is 25.3 Å². The monoisotopic (exact) mass is 404 g/mol. The van der Waals surface area contributed by atoms with Gasteiger partial charge in [0.25, 0.3) is 0 Å². The van der Waals surface area contributed by atoms with Gasteiger partial charge in [-0.05, 0) is 6.07 Å². The van der Waals surface area contributed by atoms with E-state index in [4.69, 9.17) is 79.1 Å². The molecule has 0 N–H and O–H groups in total. The molecule has 2 aromatic carbocycles. The van der Waals surface area contributed by atoms with Gasteiger partial charge in [0, 0.05) is 12.1 Å². The minimum Gasteiger partial charge on any atom is -0.493 e. The second-order valence-electron chi connectivity index (χ2n) is 3.82. The van der Waals surface area contributed by atoms with Crippen molar-refractivity contribution in [3.05, 3.63) is 48.3 Å². The highest BCUT2D eigenvalue weighted by Crippen LogP contribution is 2.47. The summed E-state index contributed by atoms with van der Waals surface area (Å²) in [6.45, 7) is 0. The molecular weight excluding hydrogens is 401 g/mol. The van der Waals surface area contributed by atoms with Crippen molar-refractivity contribution >= 4 is 69.6 Å². The lowest BCUT2D eigenvalue weighted by Gasteiger charge is -2.15. The molecule has 0 aliphatic rings. The highest BCUT2D eigenvalue weighted by Gasteiger charge is 2.19. The minimum atomic E-state index is 0.104. The third-order valence-electron chi connectivity index (χ3n) is 2.49. The molecule has 0 aliphatic carbocycles. The van der Waals surface area contributed by atoms with Crippen LogP contribution in [0.25, 0.3) is 0 Å². The van der Waals surface area contributed by atoms with E-state index in [1.54, 1.807) is 0 Å². The smallest absolute Gasteiger partial charge is 0.171 e. The molecule has 2 rings (SSSR count). The average Bonchev–Trinajstić information content (AvgIpc) is 2.44. The predicted molar refractivity (Wildman–Crippen MR) is 89.6 cm³/mol. The van der Waals surface area contributed by atoms with E-state index in [-0.39, 0.29) is 36.6 Å². The summed E-state index contributed by atoms with van der Waals surface area (Å²) in [4.78, 5) is 0. The number of ether oxygens (including phenoxy) is 2. The third kappa shape index (κ3) is 3.58. The van der Waals surface area contributed by atoms with Gasteiger partial charge in [0.15, 0.2) is 17.2 Å². The van der Waals surface area contributed by atoms with Crippen LogP contribution in [0, 0.1) is 0 Å². The fraction of sp³-hybridized carbons (Fsp3) is 0.0769. The van der Waals surface area contributed by atoms with E-state index in [1.807, 2.05) is 0 Å². The van der Waals surface area contributed by atoms with E-state index in [0.717, 1.165) is 0 Å². The van der Waals surface area contributed by atoms with Crippen LogP contribution in [-0.2, 0) is 0 Å². The Hall–Kier alpha value is -0.220. The van der Waals surface area contributed by atoms with E-state index >= 15 is 0 Å². The first-order valence-corrected chi connectivity index (χ1v) is 7.65. The summed E-state index contributed by atoms with van der Waals surface area (Å²) in [7, 11) is 1.46. The summed E-state index contributed by atoms with van der Waals surface area (Å²) in [5.41, 5.74) is 0. The summed E-state index contributed by atoms with van der Waals surface area (Å²) in [6, 6.07) is 4.41. The number of methoxy groups -OCH3 is 1. The molecule has 0 aliphatic heterocycles. The van der Waals surface area contributed by atoms with Gasteiger partial charge in [-0.15, -0.1) is 0 Å². The quantitative estimate of drug-likeness (QED) is 0.494. The zero-order chi connectivity index (χ0) is 15.7. The van der Waals surface area contributed by atoms with Gasteiger partial charge in [-0.1, -0.05) is 69.6 Å². The molecule has 2 aromatic rings. The van der Waals surface area contributed by atoms with Crippen molar-refractivity contribution in [2.24, 2.45) is 0 Å². The molecule has 0 saturated carbocycles. The second kappa shape index (κ2) is 6.91. The Kier molecular flexibility index (Phi) is 5.64. The van der Waals surface area contributed by atoms with Gasteiger partial charge in [-0.3, -0.25) is 0 Å². The first-order chi connectivity index (χ1) is 9.85. The first kappa shape index (κ1) is 17.1. The van der Waals surface area contributed by atoms with Crippen LogP contribution in [0.3, 0.4) is 0 Å². The average molecular weight is 407 g/mol. The van der Waals surface area contributed by atoms with Crippen molar-refractivity contribution in [2.45, 2.75) is 0 Å². The summed E-state index contributed by atoms with van der Waals surface area (Å²) in [5.74, 6) is 0.731. The Labute approximate surface area is 151 Å². The number of rotatable bonds is 3. The molecule has 8 heteroatoms. The molecular formula is C13H6Cl6O2. The summed E-state index contributed by atoms with van der Waals surface area (Å²) >= 11 is 36.0. The van der Waals surface area contributed by atoms with Crippen molar-refractivity contribution in [2.75, 3.05) is 7.11 Å². The first-order valence-electron chi connectivity index (χ1n) is 5.39. The Morgan fingerprint density at radius 3 is 1.62 bits per heavy atom. The molecule has 0 amide bonds. The standard InChI is InChI=1S/C13H6Cl6O2/c1-20-9-3-5(14)6(15)4-10(9)21-13-11(18)7(16)2-8(17)12(13)19/h2-4H,1H3. The van der Waals surface area contributed by atoms with Crippen LogP contribution in [0.15, 0.2) is 18.2 Å². The Morgan fingerprint density at radius 2 is 1.14 bits per heavy atom. The van der Waals surface area contributed by atoms with E-state index in [9.17, 15) is 0 Å². The number of hydrogen-bond acceptors (Lipinski definition) is 2. The highest BCUT2D eigenvalue weighted by atomic mass is 35.5.